The Labute approximate surface area is 128 Å². The van der Waals surface area contributed by atoms with Crippen molar-refractivity contribution in [2.75, 3.05) is 6.54 Å². The van der Waals surface area contributed by atoms with Gasteiger partial charge in [0.05, 0.1) is 16.4 Å². The van der Waals surface area contributed by atoms with Gasteiger partial charge in [0, 0.05) is 19.0 Å². The summed E-state index contributed by atoms with van der Waals surface area (Å²) in [4.78, 5) is 0. The van der Waals surface area contributed by atoms with Gasteiger partial charge in [0.25, 0.3) is 0 Å². The zero-order valence-corrected chi connectivity index (χ0v) is 14.0. The van der Waals surface area contributed by atoms with Crippen LogP contribution < -0.4 is 5.32 Å². The number of nitrogens with one attached hydrogen (secondary N) is 1. The van der Waals surface area contributed by atoms with Gasteiger partial charge in [-0.1, -0.05) is 31.9 Å². The maximum absolute atomic E-state index is 6.46. The lowest BCUT2D eigenvalue weighted by Gasteiger charge is -2.25. The highest BCUT2D eigenvalue weighted by Crippen LogP contribution is 2.34. The third kappa shape index (κ3) is 3.37. The van der Waals surface area contributed by atoms with Gasteiger partial charge in [-0.2, -0.15) is 5.10 Å². The molecule has 0 aliphatic heterocycles. The fourth-order valence-corrected chi connectivity index (χ4v) is 3.77. The molecule has 0 amide bonds. The molecule has 1 heterocycles. The van der Waals surface area contributed by atoms with E-state index >= 15 is 0 Å². The fraction of sp³-hybridized carbons (Fsp3) is 0.812. The highest BCUT2D eigenvalue weighted by atomic mass is 35.5. The lowest BCUT2D eigenvalue weighted by Crippen LogP contribution is -2.37. The first-order valence-electron chi connectivity index (χ1n) is 8.01. The van der Waals surface area contributed by atoms with E-state index in [1.165, 1.54) is 25.0 Å². The zero-order valence-electron chi connectivity index (χ0n) is 13.2. The molecule has 1 aliphatic carbocycles. The van der Waals surface area contributed by atoms with Crippen LogP contribution in [0.3, 0.4) is 0 Å². The summed E-state index contributed by atoms with van der Waals surface area (Å²) in [5, 5.41) is 9.08. The Morgan fingerprint density at radius 1 is 1.40 bits per heavy atom. The first kappa shape index (κ1) is 15.8. The van der Waals surface area contributed by atoms with E-state index in [1.807, 2.05) is 6.92 Å². The molecule has 1 saturated carbocycles. The standard InChI is InChI=1S/C16H28ClN3/c1-5-18-14(13-8-7-11(3)9-13)10-15-16(17)12(4)19-20(15)6-2/h11,13-14,18H,5-10H2,1-4H3. The third-order valence-electron chi connectivity index (χ3n) is 4.64. The summed E-state index contributed by atoms with van der Waals surface area (Å²) in [7, 11) is 0. The highest BCUT2D eigenvalue weighted by molar-refractivity contribution is 6.31. The molecule has 1 aliphatic rings. The third-order valence-corrected chi connectivity index (χ3v) is 5.13. The molecule has 4 heteroatoms. The summed E-state index contributed by atoms with van der Waals surface area (Å²) >= 11 is 6.46. The van der Waals surface area contributed by atoms with Gasteiger partial charge >= 0.3 is 0 Å². The van der Waals surface area contributed by atoms with Gasteiger partial charge in [0.2, 0.25) is 0 Å². The van der Waals surface area contributed by atoms with Crippen LogP contribution in [0.2, 0.25) is 5.02 Å². The molecule has 1 aromatic rings. The second-order valence-electron chi connectivity index (χ2n) is 6.21. The van der Waals surface area contributed by atoms with Crippen LogP contribution in [-0.2, 0) is 13.0 Å². The Hall–Kier alpha value is -0.540. The quantitative estimate of drug-likeness (QED) is 0.865. The molecule has 1 fully saturated rings. The van der Waals surface area contributed by atoms with Crippen molar-refractivity contribution in [2.45, 2.75) is 66.0 Å². The molecule has 0 radical (unpaired) electrons. The van der Waals surface area contributed by atoms with Crippen LogP contribution in [0.15, 0.2) is 0 Å². The monoisotopic (exact) mass is 297 g/mol. The SMILES string of the molecule is CCNC(Cc1c(Cl)c(C)nn1CC)C1CCC(C)C1. The molecule has 0 aromatic carbocycles. The second-order valence-corrected chi connectivity index (χ2v) is 6.59. The van der Waals surface area contributed by atoms with Gasteiger partial charge < -0.3 is 5.32 Å². The van der Waals surface area contributed by atoms with E-state index < -0.39 is 0 Å². The van der Waals surface area contributed by atoms with Crippen LogP contribution in [0.4, 0.5) is 0 Å². The van der Waals surface area contributed by atoms with Crippen molar-refractivity contribution in [2.24, 2.45) is 11.8 Å². The number of halogens is 1. The van der Waals surface area contributed by atoms with E-state index in [2.05, 4.69) is 35.9 Å². The number of hydrogen-bond donors (Lipinski definition) is 1. The van der Waals surface area contributed by atoms with Crippen LogP contribution in [-0.4, -0.2) is 22.4 Å². The van der Waals surface area contributed by atoms with E-state index in [4.69, 9.17) is 11.6 Å². The average molecular weight is 298 g/mol. The molecule has 3 nitrogen and oxygen atoms in total. The zero-order chi connectivity index (χ0) is 14.7. The number of aryl methyl sites for hydroxylation is 2. The number of nitrogens with zero attached hydrogens (tertiary/aromatic N) is 2. The largest absolute Gasteiger partial charge is 0.314 e. The van der Waals surface area contributed by atoms with Crippen molar-refractivity contribution < 1.29 is 0 Å². The first-order chi connectivity index (χ1) is 9.56. The predicted molar refractivity (Wildman–Crippen MR) is 85.3 cm³/mol. The average Bonchev–Trinajstić information content (AvgIpc) is 2.96. The molecule has 0 bridgehead atoms. The first-order valence-corrected chi connectivity index (χ1v) is 8.39. The van der Waals surface area contributed by atoms with E-state index in [0.29, 0.717) is 6.04 Å². The van der Waals surface area contributed by atoms with Crippen molar-refractivity contribution in [1.82, 2.24) is 15.1 Å². The minimum Gasteiger partial charge on any atom is -0.314 e. The van der Waals surface area contributed by atoms with Crippen LogP contribution in [0.5, 0.6) is 0 Å². The van der Waals surface area contributed by atoms with Crippen LogP contribution >= 0.6 is 11.6 Å². The molecular weight excluding hydrogens is 270 g/mol. The number of rotatable bonds is 6. The Morgan fingerprint density at radius 2 is 2.15 bits per heavy atom. The minimum absolute atomic E-state index is 0.531. The Bertz CT molecular complexity index is 441. The Balaban J connectivity index is 2.15. The molecule has 0 spiro atoms. The van der Waals surface area contributed by atoms with Crippen molar-refractivity contribution in [3.63, 3.8) is 0 Å². The van der Waals surface area contributed by atoms with E-state index in [-0.39, 0.29) is 0 Å². The van der Waals surface area contributed by atoms with Gasteiger partial charge in [0.15, 0.2) is 0 Å². The normalized spacial score (nSPS) is 24.2. The molecule has 3 unspecified atom stereocenters. The summed E-state index contributed by atoms with van der Waals surface area (Å²) in [5.41, 5.74) is 2.16. The topological polar surface area (TPSA) is 29.9 Å². The second kappa shape index (κ2) is 6.95. The van der Waals surface area contributed by atoms with Crippen molar-refractivity contribution in [3.05, 3.63) is 16.4 Å². The summed E-state index contributed by atoms with van der Waals surface area (Å²) < 4.78 is 2.07. The predicted octanol–water partition coefficient (Wildman–Crippen LogP) is 3.82. The van der Waals surface area contributed by atoms with Gasteiger partial charge in [0.1, 0.15) is 0 Å². The van der Waals surface area contributed by atoms with Crippen molar-refractivity contribution in [1.29, 1.82) is 0 Å². The maximum Gasteiger partial charge on any atom is 0.0847 e. The van der Waals surface area contributed by atoms with Crippen molar-refractivity contribution >= 4 is 11.6 Å². The van der Waals surface area contributed by atoms with Gasteiger partial charge in [-0.15, -0.1) is 0 Å². The summed E-state index contributed by atoms with van der Waals surface area (Å²) in [6, 6.07) is 0.531. The van der Waals surface area contributed by atoms with Crippen LogP contribution in [0.25, 0.3) is 0 Å². The lowest BCUT2D eigenvalue weighted by atomic mass is 9.93. The van der Waals surface area contributed by atoms with Gasteiger partial charge in [-0.3, -0.25) is 4.68 Å². The van der Waals surface area contributed by atoms with Gasteiger partial charge in [-0.05, 0) is 45.1 Å². The molecule has 1 N–H and O–H groups in total. The fourth-order valence-electron chi connectivity index (χ4n) is 3.56. The van der Waals surface area contributed by atoms with Crippen LogP contribution in [0.1, 0.15) is 51.4 Å². The molecule has 0 saturated heterocycles. The van der Waals surface area contributed by atoms with Gasteiger partial charge in [-0.25, -0.2) is 0 Å². The molecule has 3 atom stereocenters. The maximum atomic E-state index is 6.46. The summed E-state index contributed by atoms with van der Waals surface area (Å²) in [6.45, 7) is 10.6. The van der Waals surface area contributed by atoms with Crippen LogP contribution in [0, 0.1) is 18.8 Å². The molecule has 114 valence electrons. The lowest BCUT2D eigenvalue weighted by molar-refractivity contribution is 0.347. The molecule has 1 aromatic heterocycles. The number of aromatic nitrogens is 2. The van der Waals surface area contributed by atoms with E-state index in [1.54, 1.807) is 0 Å². The Kier molecular flexibility index (Phi) is 5.50. The number of hydrogen-bond acceptors (Lipinski definition) is 2. The van der Waals surface area contributed by atoms with E-state index in [9.17, 15) is 0 Å². The molecule has 2 rings (SSSR count). The Morgan fingerprint density at radius 3 is 2.70 bits per heavy atom. The highest BCUT2D eigenvalue weighted by Gasteiger charge is 2.30. The summed E-state index contributed by atoms with van der Waals surface area (Å²) in [6.07, 6.45) is 5.05. The minimum atomic E-state index is 0.531. The number of likely N-dealkylation sites (N-methyl/N-ethyl adjacent to an activating group) is 1. The molecular formula is C16H28ClN3. The van der Waals surface area contributed by atoms with Crippen molar-refractivity contribution in [3.8, 4) is 0 Å². The summed E-state index contributed by atoms with van der Waals surface area (Å²) in [5.74, 6) is 1.65. The van der Waals surface area contributed by atoms with E-state index in [0.717, 1.165) is 42.1 Å². The molecule has 20 heavy (non-hydrogen) atoms. The smallest absolute Gasteiger partial charge is 0.0847 e.